The molecule has 1 aliphatic carbocycles. The van der Waals surface area contributed by atoms with Crippen molar-refractivity contribution in [1.82, 2.24) is 4.90 Å². The van der Waals surface area contributed by atoms with Gasteiger partial charge in [-0.1, -0.05) is 29.8 Å². The lowest BCUT2D eigenvalue weighted by atomic mass is 9.56. The van der Waals surface area contributed by atoms with Gasteiger partial charge in [0.1, 0.15) is 0 Å². The molecule has 1 aromatic carbocycles. The molecule has 0 unspecified atom stereocenters. The number of aliphatic hydroxyl groups excluding tert-OH is 1. The van der Waals surface area contributed by atoms with Gasteiger partial charge >= 0.3 is 0 Å². The van der Waals surface area contributed by atoms with E-state index in [2.05, 4.69) is 47.5 Å². The molecule has 5 atom stereocenters. The molecule has 116 valence electrons. The van der Waals surface area contributed by atoms with Crippen molar-refractivity contribution in [3.63, 3.8) is 0 Å². The number of para-hydroxylation sites is 1. The number of fused-ring (bicyclic) bond motifs is 2. The summed E-state index contributed by atoms with van der Waals surface area (Å²) in [6.07, 6.45) is 4.75. The van der Waals surface area contributed by atoms with Crippen LogP contribution in [0.15, 0.2) is 35.9 Å². The molecule has 3 aliphatic heterocycles. The first-order chi connectivity index (χ1) is 10.8. The van der Waals surface area contributed by atoms with Crippen LogP contribution in [-0.2, 0) is 5.41 Å². The van der Waals surface area contributed by atoms with Crippen molar-refractivity contribution in [3.8, 4) is 0 Å². The fourth-order valence-corrected chi connectivity index (χ4v) is 6.13. The lowest BCUT2D eigenvalue weighted by molar-refractivity contribution is 0.0298. The van der Waals surface area contributed by atoms with Crippen LogP contribution in [0.5, 0.6) is 0 Å². The highest BCUT2D eigenvalue weighted by molar-refractivity contribution is 5.65. The monoisotopic (exact) mass is 296 g/mol. The van der Waals surface area contributed by atoms with E-state index in [0.29, 0.717) is 30.5 Å². The summed E-state index contributed by atoms with van der Waals surface area (Å²) in [5.41, 5.74) is 4.58. The Hall–Kier alpha value is -1.32. The Morgan fingerprint density at radius 2 is 2.27 bits per heavy atom. The van der Waals surface area contributed by atoms with Crippen molar-refractivity contribution >= 4 is 5.69 Å². The van der Waals surface area contributed by atoms with Gasteiger partial charge in [0.15, 0.2) is 0 Å². The molecule has 1 saturated carbocycles. The van der Waals surface area contributed by atoms with E-state index in [-0.39, 0.29) is 5.41 Å². The smallest absolute Gasteiger partial charge is 0.0484 e. The van der Waals surface area contributed by atoms with Crippen molar-refractivity contribution in [2.75, 3.05) is 25.0 Å². The zero-order chi connectivity index (χ0) is 14.9. The van der Waals surface area contributed by atoms with Gasteiger partial charge in [-0.25, -0.2) is 0 Å². The van der Waals surface area contributed by atoms with Crippen LogP contribution in [0.4, 0.5) is 5.69 Å². The average molecular weight is 296 g/mol. The summed E-state index contributed by atoms with van der Waals surface area (Å²) in [7, 11) is 0. The number of aliphatic hydroxyl groups is 1. The number of hydrogen-bond acceptors (Lipinski definition) is 3. The van der Waals surface area contributed by atoms with E-state index in [1.54, 1.807) is 5.57 Å². The Morgan fingerprint density at radius 3 is 3.09 bits per heavy atom. The van der Waals surface area contributed by atoms with E-state index < -0.39 is 0 Å². The third kappa shape index (κ3) is 1.35. The van der Waals surface area contributed by atoms with Gasteiger partial charge in [0.2, 0.25) is 0 Å². The molecule has 5 rings (SSSR count). The van der Waals surface area contributed by atoms with Crippen LogP contribution in [0.1, 0.15) is 25.3 Å². The molecule has 3 heteroatoms. The fraction of sp³-hybridized carbons (Fsp3) is 0.579. The minimum Gasteiger partial charge on any atom is -0.396 e. The maximum absolute atomic E-state index is 10.2. The number of allylic oxidation sites excluding steroid dienone is 1. The minimum absolute atomic E-state index is 0.222. The van der Waals surface area contributed by atoms with Crippen LogP contribution < -0.4 is 5.32 Å². The number of benzene rings is 1. The standard InChI is InChI=1S/C19H24N2O/c1-2-12-10-21-8-7-19-15-5-3-4-6-16(15)20-18(19)14(11-22)13(12)9-17(19)21/h2-6,13-14,17-18,20,22H,7-11H2,1H3/t13-,14+,17-,18-,19+/m0/s1. The first-order valence-corrected chi connectivity index (χ1v) is 8.65. The van der Waals surface area contributed by atoms with Crippen LogP contribution in [0, 0.1) is 11.8 Å². The SMILES string of the molecule is CC=C1CN2CC[C@]34c5ccccc5N[C@H]3[C@H](CO)[C@H]1C[C@H]24. The molecule has 22 heavy (non-hydrogen) atoms. The first kappa shape index (κ1) is 13.1. The third-order valence-corrected chi connectivity index (χ3v) is 7.01. The molecule has 2 N–H and O–H groups in total. The van der Waals surface area contributed by atoms with Gasteiger partial charge in [0.25, 0.3) is 0 Å². The van der Waals surface area contributed by atoms with Crippen molar-refractivity contribution < 1.29 is 5.11 Å². The summed E-state index contributed by atoms with van der Waals surface area (Å²) in [4.78, 5) is 2.70. The number of rotatable bonds is 1. The largest absolute Gasteiger partial charge is 0.396 e. The molecule has 0 radical (unpaired) electrons. The number of piperidine rings is 1. The summed E-state index contributed by atoms with van der Waals surface area (Å²) < 4.78 is 0. The van der Waals surface area contributed by atoms with E-state index in [9.17, 15) is 5.11 Å². The lowest BCUT2D eigenvalue weighted by Crippen LogP contribution is -2.62. The Balaban J connectivity index is 1.71. The van der Waals surface area contributed by atoms with Gasteiger partial charge in [0.05, 0.1) is 0 Å². The summed E-state index contributed by atoms with van der Waals surface area (Å²) in [6.45, 7) is 4.76. The predicted octanol–water partition coefficient (Wildman–Crippen LogP) is 2.38. The van der Waals surface area contributed by atoms with Gasteiger partial charge in [0, 0.05) is 42.3 Å². The Kier molecular flexibility index (Phi) is 2.61. The van der Waals surface area contributed by atoms with Crippen molar-refractivity contribution in [3.05, 3.63) is 41.5 Å². The number of anilines is 1. The van der Waals surface area contributed by atoms with E-state index in [1.165, 1.54) is 30.6 Å². The van der Waals surface area contributed by atoms with E-state index in [0.717, 1.165) is 6.54 Å². The quantitative estimate of drug-likeness (QED) is 0.781. The summed E-state index contributed by atoms with van der Waals surface area (Å²) >= 11 is 0. The molecule has 3 heterocycles. The highest BCUT2D eigenvalue weighted by atomic mass is 16.3. The molecule has 2 saturated heterocycles. The number of nitrogens with one attached hydrogen (secondary N) is 1. The van der Waals surface area contributed by atoms with Gasteiger partial charge in [-0.05, 0) is 43.9 Å². The Labute approximate surface area is 132 Å². The fourth-order valence-electron chi connectivity index (χ4n) is 6.13. The zero-order valence-corrected chi connectivity index (χ0v) is 13.1. The lowest BCUT2D eigenvalue weighted by Gasteiger charge is -2.54. The Morgan fingerprint density at radius 1 is 1.41 bits per heavy atom. The van der Waals surface area contributed by atoms with E-state index >= 15 is 0 Å². The molecular formula is C19H24N2O. The van der Waals surface area contributed by atoms with Gasteiger partial charge in [-0.3, -0.25) is 4.90 Å². The van der Waals surface area contributed by atoms with Crippen LogP contribution in [0.3, 0.4) is 0 Å². The van der Waals surface area contributed by atoms with Crippen molar-refractivity contribution in [1.29, 1.82) is 0 Å². The summed E-state index contributed by atoms with van der Waals surface area (Å²) in [5, 5.41) is 14.0. The molecule has 1 aromatic rings. The van der Waals surface area contributed by atoms with Crippen LogP contribution in [-0.4, -0.2) is 41.8 Å². The van der Waals surface area contributed by atoms with Crippen LogP contribution in [0.25, 0.3) is 0 Å². The molecular weight excluding hydrogens is 272 g/mol. The summed E-state index contributed by atoms with van der Waals surface area (Å²) in [6, 6.07) is 9.89. The zero-order valence-electron chi connectivity index (χ0n) is 13.1. The van der Waals surface area contributed by atoms with Crippen molar-refractivity contribution in [2.24, 2.45) is 11.8 Å². The normalized spacial score (nSPS) is 43.8. The van der Waals surface area contributed by atoms with Gasteiger partial charge in [-0.15, -0.1) is 0 Å². The second-order valence-corrected chi connectivity index (χ2v) is 7.50. The number of hydrogen-bond donors (Lipinski definition) is 2. The van der Waals surface area contributed by atoms with Crippen LogP contribution in [0.2, 0.25) is 0 Å². The summed E-state index contributed by atoms with van der Waals surface area (Å²) in [5.74, 6) is 0.893. The highest BCUT2D eigenvalue weighted by Crippen LogP contribution is 2.60. The third-order valence-electron chi connectivity index (χ3n) is 7.01. The minimum atomic E-state index is 0.222. The second-order valence-electron chi connectivity index (χ2n) is 7.50. The topological polar surface area (TPSA) is 35.5 Å². The van der Waals surface area contributed by atoms with E-state index in [4.69, 9.17) is 0 Å². The number of nitrogens with zero attached hydrogens (tertiary/aromatic N) is 1. The second kappa shape index (κ2) is 4.36. The maximum Gasteiger partial charge on any atom is 0.0484 e. The molecule has 3 nitrogen and oxygen atoms in total. The van der Waals surface area contributed by atoms with E-state index in [1.807, 2.05) is 0 Å². The molecule has 4 aliphatic rings. The first-order valence-electron chi connectivity index (χ1n) is 8.65. The van der Waals surface area contributed by atoms with Crippen molar-refractivity contribution in [2.45, 2.75) is 37.3 Å². The predicted molar refractivity (Wildman–Crippen MR) is 87.9 cm³/mol. The molecule has 0 amide bonds. The Bertz CT molecular complexity index is 655. The molecule has 1 spiro atoms. The molecule has 2 bridgehead atoms. The van der Waals surface area contributed by atoms with Gasteiger partial charge < -0.3 is 10.4 Å². The maximum atomic E-state index is 10.2. The molecule has 3 fully saturated rings. The molecule has 0 aromatic heterocycles. The van der Waals surface area contributed by atoms with Gasteiger partial charge in [-0.2, -0.15) is 0 Å². The van der Waals surface area contributed by atoms with Crippen LogP contribution >= 0.6 is 0 Å². The highest BCUT2D eigenvalue weighted by Gasteiger charge is 2.64. The average Bonchev–Trinajstić information content (AvgIpc) is 3.11.